The maximum atomic E-state index is 12.3. The molecule has 1 fully saturated rings. The van der Waals surface area contributed by atoms with Gasteiger partial charge in [0.2, 0.25) is 0 Å². The molecule has 21 heavy (non-hydrogen) atoms. The number of para-hydroxylation sites is 1. The van der Waals surface area contributed by atoms with Gasteiger partial charge in [0.15, 0.2) is 0 Å². The van der Waals surface area contributed by atoms with Gasteiger partial charge in [-0.3, -0.25) is 4.79 Å². The van der Waals surface area contributed by atoms with E-state index in [1.807, 2.05) is 24.3 Å². The quantitative estimate of drug-likeness (QED) is 0.612. The Morgan fingerprint density at radius 1 is 1.29 bits per heavy atom. The fourth-order valence-corrected chi connectivity index (χ4v) is 2.97. The van der Waals surface area contributed by atoms with Crippen LogP contribution < -0.4 is 4.74 Å². The number of ether oxygens (including phenoxy) is 1. The van der Waals surface area contributed by atoms with E-state index in [9.17, 15) is 4.79 Å². The molecular formula is C18H20O3. The first-order valence-electron chi connectivity index (χ1n) is 7.25. The monoisotopic (exact) mass is 284 g/mol. The summed E-state index contributed by atoms with van der Waals surface area (Å²) in [6.07, 6.45) is 2.16. The van der Waals surface area contributed by atoms with Gasteiger partial charge in [0, 0.05) is 11.5 Å². The standard InChI is InChI=1S/C18H20O3/c1-11(2)9-13-16(18(13,3)4)17(19)21-15-10-12-7-5-6-8-14(12)20-15/h5-10,13,16H,1-4H3. The summed E-state index contributed by atoms with van der Waals surface area (Å²) in [5, 5.41) is 0.941. The molecule has 3 rings (SSSR count). The number of rotatable bonds is 3. The number of fused-ring (bicyclic) bond motifs is 1. The van der Waals surface area contributed by atoms with Crippen molar-refractivity contribution < 1.29 is 13.9 Å². The largest absolute Gasteiger partial charge is 0.425 e. The first-order chi connectivity index (χ1) is 9.89. The van der Waals surface area contributed by atoms with Gasteiger partial charge in [-0.2, -0.15) is 0 Å². The van der Waals surface area contributed by atoms with Crippen LogP contribution in [0.5, 0.6) is 5.95 Å². The summed E-state index contributed by atoms with van der Waals surface area (Å²) >= 11 is 0. The van der Waals surface area contributed by atoms with Crippen molar-refractivity contribution in [2.45, 2.75) is 27.7 Å². The van der Waals surface area contributed by atoms with Crippen LogP contribution in [0.4, 0.5) is 0 Å². The Morgan fingerprint density at radius 2 is 2.00 bits per heavy atom. The Bertz CT molecular complexity index is 684. The van der Waals surface area contributed by atoms with Crippen LogP contribution in [0.15, 0.2) is 46.4 Å². The lowest BCUT2D eigenvalue weighted by atomic mass is 10.1. The molecular weight excluding hydrogens is 264 g/mol. The Kier molecular flexibility index (Phi) is 3.16. The van der Waals surface area contributed by atoms with Gasteiger partial charge in [0.05, 0.1) is 5.92 Å². The van der Waals surface area contributed by atoms with E-state index in [-0.39, 0.29) is 29.2 Å². The van der Waals surface area contributed by atoms with Crippen LogP contribution in [0.1, 0.15) is 27.7 Å². The van der Waals surface area contributed by atoms with Gasteiger partial charge >= 0.3 is 5.97 Å². The molecule has 0 saturated heterocycles. The molecule has 1 saturated carbocycles. The summed E-state index contributed by atoms with van der Waals surface area (Å²) in [5.41, 5.74) is 1.92. The highest BCUT2D eigenvalue weighted by molar-refractivity contribution is 5.83. The molecule has 110 valence electrons. The molecule has 0 spiro atoms. The van der Waals surface area contributed by atoms with E-state index in [0.717, 1.165) is 11.0 Å². The molecule has 1 aromatic carbocycles. The van der Waals surface area contributed by atoms with Crippen LogP contribution in [0.3, 0.4) is 0 Å². The topological polar surface area (TPSA) is 39.4 Å². The van der Waals surface area contributed by atoms with Crippen molar-refractivity contribution in [1.82, 2.24) is 0 Å². The molecule has 1 aliphatic carbocycles. The van der Waals surface area contributed by atoms with E-state index >= 15 is 0 Å². The molecule has 0 amide bonds. The number of esters is 1. The molecule has 3 nitrogen and oxygen atoms in total. The lowest BCUT2D eigenvalue weighted by Gasteiger charge is -2.01. The van der Waals surface area contributed by atoms with E-state index in [0.29, 0.717) is 0 Å². The summed E-state index contributed by atoms with van der Waals surface area (Å²) in [7, 11) is 0. The predicted molar refractivity (Wildman–Crippen MR) is 82.0 cm³/mol. The fourth-order valence-electron chi connectivity index (χ4n) is 2.97. The van der Waals surface area contributed by atoms with E-state index in [2.05, 4.69) is 33.8 Å². The second-order valence-corrected chi connectivity index (χ2v) is 6.59. The van der Waals surface area contributed by atoms with E-state index in [1.54, 1.807) is 6.07 Å². The van der Waals surface area contributed by atoms with Gasteiger partial charge in [-0.15, -0.1) is 0 Å². The van der Waals surface area contributed by atoms with Crippen LogP contribution in [0, 0.1) is 17.3 Å². The van der Waals surface area contributed by atoms with Crippen molar-refractivity contribution in [1.29, 1.82) is 0 Å². The molecule has 1 aromatic heterocycles. The number of hydrogen-bond donors (Lipinski definition) is 0. The lowest BCUT2D eigenvalue weighted by Crippen LogP contribution is -2.13. The normalized spacial score (nSPS) is 22.9. The molecule has 0 N–H and O–H groups in total. The highest BCUT2D eigenvalue weighted by Gasteiger charge is 2.61. The number of benzene rings is 1. The molecule has 0 aliphatic heterocycles. The Hall–Kier alpha value is -2.03. The van der Waals surface area contributed by atoms with Crippen LogP contribution in [-0.4, -0.2) is 5.97 Å². The Morgan fingerprint density at radius 3 is 2.67 bits per heavy atom. The second-order valence-electron chi connectivity index (χ2n) is 6.59. The summed E-state index contributed by atoms with van der Waals surface area (Å²) in [4.78, 5) is 12.3. The molecule has 1 aliphatic rings. The first kappa shape index (κ1) is 13.9. The average Bonchev–Trinajstić information content (AvgIpc) is 2.77. The molecule has 0 bridgehead atoms. The maximum absolute atomic E-state index is 12.3. The summed E-state index contributed by atoms with van der Waals surface area (Å²) in [6, 6.07) is 9.38. The van der Waals surface area contributed by atoms with Gasteiger partial charge in [0.25, 0.3) is 5.95 Å². The van der Waals surface area contributed by atoms with Crippen molar-refractivity contribution in [2.75, 3.05) is 0 Å². The van der Waals surface area contributed by atoms with Gasteiger partial charge in [-0.1, -0.05) is 43.7 Å². The third-order valence-electron chi connectivity index (χ3n) is 4.28. The molecule has 2 unspecified atom stereocenters. The van der Waals surface area contributed by atoms with Crippen LogP contribution in [0.2, 0.25) is 0 Å². The van der Waals surface area contributed by atoms with Crippen LogP contribution >= 0.6 is 0 Å². The zero-order valence-corrected chi connectivity index (χ0v) is 12.8. The second kappa shape index (κ2) is 4.76. The minimum atomic E-state index is -0.207. The van der Waals surface area contributed by atoms with E-state index in [1.165, 1.54) is 5.57 Å². The lowest BCUT2D eigenvalue weighted by molar-refractivity contribution is -0.137. The number of carbonyl (C=O) groups excluding carboxylic acids is 1. The number of allylic oxidation sites excluding steroid dienone is 2. The highest BCUT2D eigenvalue weighted by Crippen LogP contribution is 2.59. The zero-order valence-electron chi connectivity index (χ0n) is 12.8. The summed E-state index contributed by atoms with van der Waals surface area (Å²) < 4.78 is 11.0. The SMILES string of the molecule is CC(C)=CC1C(C(=O)Oc2cc3ccccc3o2)C1(C)C. The third kappa shape index (κ3) is 2.48. The fraction of sp³-hybridized carbons (Fsp3) is 0.389. The van der Waals surface area contributed by atoms with Crippen molar-refractivity contribution in [3.63, 3.8) is 0 Å². The average molecular weight is 284 g/mol. The Labute approximate surface area is 124 Å². The molecule has 2 aromatic rings. The van der Waals surface area contributed by atoms with E-state index < -0.39 is 0 Å². The zero-order chi connectivity index (χ0) is 15.2. The number of hydrogen-bond acceptors (Lipinski definition) is 3. The third-order valence-corrected chi connectivity index (χ3v) is 4.28. The van der Waals surface area contributed by atoms with Gasteiger partial charge in [-0.05, 0) is 31.2 Å². The number of carbonyl (C=O) groups is 1. The summed E-state index contributed by atoms with van der Waals surface area (Å²) in [5.74, 6) is 0.224. The minimum Gasteiger partial charge on any atom is -0.425 e. The first-order valence-corrected chi connectivity index (χ1v) is 7.25. The van der Waals surface area contributed by atoms with Crippen molar-refractivity contribution >= 4 is 16.9 Å². The van der Waals surface area contributed by atoms with Gasteiger partial charge in [-0.25, -0.2) is 0 Å². The predicted octanol–water partition coefficient (Wildman–Crippen LogP) is 4.58. The van der Waals surface area contributed by atoms with Gasteiger partial charge < -0.3 is 9.15 Å². The molecule has 2 atom stereocenters. The molecule has 1 heterocycles. The smallest absolute Gasteiger partial charge is 0.317 e. The minimum absolute atomic E-state index is 0.0413. The Balaban J connectivity index is 1.76. The summed E-state index contributed by atoms with van der Waals surface area (Å²) in [6.45, 7) is 8.30. The van der Waals surface area contributed by atoms with Crippen LogP contribution in [0.25, 0.3) is 11.0 Å². The van der Waals surface area contributed by atoms with Crippen molar-refractivity contribution in [2.24, 2.45) is 17.3 Å². The van der Waals surface area contributed by atoms with Gasteiger partial charge in [0.1, 0.15) is 5.58 Å². The van der Waals surface area contributed by atoms with Crippen molar-refractivity contribution in [3.8, 4) is 5.95 Å². The number of furan rings is 1. The maximum Gasteiger partial charge on any atom is 0.317 e. The molecule has 3 heteroatoms. The highest BCUT2D eigenvalue weighted by atomic mass is 16.6. The van der Waals surface area contributed by atoms with E-state index in [4.69, 9.17) is 9.15 Å². The van der Waals surface area contributed by atoms with Crippen LogP contribution in [-0.2, 0) is 4.79 Å². The molecule has 0 radical (unpaired) electrons. The van der Waals surface area contributed by atoms with Crippen molar-refractivity contribution in [3.05, 3.63) is 42.0 Å².